The second kappa shape index (κ2) is 11.2. The lowest BCUT2D eigenvalue weighted by Crippen LogP contribution is -2.50. The number of carbonyl (C=O) groups excluding carboxylic acids is 3. The van der Waals surface area contributed by atoms with Crippen LogP contribution in [-0.4, -0.2) is 62.3 Å². The first-order valence-electron chi connectivity index (χ1n) is 14.0. The second-order valence-electron chi connectivity index (χ2n) is 11.6. The molecule has 1 atom stereocenters. The number of nitrogens with two attached hydrogens (primary N) is 1. The zero-order valence-electron chi connectivity index (χ0n) is 24.3. The molecule has 2 aliphatic rings. The Hall–Kier alpha value is -5.10. The van der Waals surface area contributed by atoms with Crippen LogP contribution in [0.25, 0.3) is 0 Å². The second-order valence-corrected chi connectivity index (χ2v) is 11.6. The van der Waals surface area contributed by atoms with Crippen molar-refractivity contribution in [2.45, 2.75) is 57.3 Å². The number of fused-ring (bicyclic) bond motifs is 6. The van der Waals surface area contributed by atoms with Gasteiger partial charge in [-0.15, -0.1) is 0 Å². The van der Waals surface area contributed by atoms with Crippen molar-refractivity contribution < 1.29 is 48.7 Å². The Morgan fingerprint density at radius 3 is 2.11 bits per heavy atom. The molecule has 3 aromatic carbocycles. The van der Waals surface area contributed by atoms with Crippen LogP contribution in [0, 0.1) is 0 Å². The van der Waals surface area contributed by atoms with Crippen molar-refractivity contribution >= 4 is 23.9 Å². The van der Waals surface area contributed by atoms with Crippen LogP contribution in [0.4, 0.5) is 4.79 Å². The smallest absolute Gasteiger partial charge is 0.418 e. The first-order valence-corrected chi connectivity index (χ1v) is 14.0. The maximum atomic E-state index is 14.2. The lowest BCUT2D eigenvalue weighted by atomic mass is 9.77. The van der Waals surface area contributed by atoms with E-state index in [-0.39, 0.29) is 52.7 Å². The minimum atomic E-state index is -1.67. The summed E-state index contributed by atoms with van der Waals surface area (Å²) in [5.74, 6) is -3.38. The van der Waals surface area contributed by atoms with Gasteiger partial charge in [-0.05, 0) is 76.9 Å². The summed E-state index contributed by atoms with van der Waals surface area (Å²) in [4.78, 5) is 54.4. The highest BCUT2D eigenvalue weighted by atomic mass is 16.6. The summed E-state index contributed by atoms with van der Waals surface area (Å²) in [5.41, 5.74) is 3.28. The molecule has 1 spiro atoms. The quantitative estimate of drug-likeness (QED) is 0.218. The number of benzene rings is 3. The number of nitrogens with zero attached hydrogens (tertiary/aromatic N) is 1. The number of unbranched alkanes of at least 4 members (excludes halogenated alkanes) is 1. The topological polar surface area (TPSA) is 186 Å². The highest BCUT2D eigenvalue weighted by Crippen LogP contribution is 2.57. The summed E-state index contributed by atoms with van der Waals surface area (Å²) in [6, 6.07) is 11.2. The van der Waals surface area contributed by atoms with Crippen LogP contribution in [0.1, 0.15) is 77.4 Å². The van der Waals surface area contributed by atoms with Gasteiger partial charge < -0.3 is 35.3 Å². The largest absolute Gasteiger partial charge is 0.508 e. The summed E-state index contributed by atoms with van der Waals surface area (Å²) in [6.45, 7) is 5.02. The van der Waals surface area contributed by atoms with Gasteiger partial charge in [0.15, 0.2) is 5.60 Å². The van der Waals surface area contributed by atoms with Gasteiger partial charge in [-0.1, -0.05) is 12.1 Å². The Balaban J connectivity index is 1.70. The summed E-state index contributed by atoms with van der Waals surface area (Å²) in [7, 11) is 0. The molecule has 2 aliphatic heterocycles. The van der Waals surface area contributed by atoms with Crippen LogP contribution in [0.15, 0.2) is 54.6 Å². The Kier molecular flexibility index (Phi) is 7.72. The number of amides is 2. The van der Waals surface area contributed by atoms with Gasteiger partial charge in [-0.3, -0.25) is 4.79 Å². The molecule has 44 heavy (non-hydrogen) atoms. The van der Waals surface area contributed by atoms with Gasteiger partial charge in [0.2, 0.25) is 0 Å². The average molecular weight is 605 g/mol. The third-order valence-corrected chi connectivity index (χ3v) is 7.37. The number of carboxylic acids is 1. The number of aromatic hydroxyl groups is 2. The minimum absolute atomic E-state index is 0.0913. The molecule has 2 heterocycles. The molecule has 0 radical (unpaired) electrons. The lowest BCUT2D eigenvalue weighted by molar-refractivity contribution is -0.142. The van der Waals surface area contributed by atoms with Crippen LogP contribution >= 0.6 is 0 Å². The molecular formula is C32H32N2O10. The highest BCUT2D eigenvalue weighted by Gasteiger charge is 2.55. The number of phenolic OH excluding ortho intramolecular Hbond substituents is 2. The number of ether oxygens (including phenoxy) is 3. The molecule has 0 bridgehead atoms. The molecule has 230 valence electrons. The summed E-state index contributed by atoms with van der Waals surface area (Å²) < 4.78 is 17.5. The van der Waals surface area contributed by atoms with E-state index < -0.39 is 41.2 Å². The number of aliphatic carboxylic acids is 1. The van der Waals surface area contributed by atoms with Gasteiger partial charge >= 0.3 is 18.0 Å². The Bertz CT molecular complexity index is 1620. The number of phenols is 2. The molecular weight excluding hydrogens is 572 g/mol. The monoisotopic (exact) mass is 604 g/mol. The average Bonchev–Trinajstić information content (AvgIpc) is 3.23. The van der Waals surface area contributed by atoms with E-state index in [1.54, 1.807) is 26.8 Å². The lowest BCUT2D eigenvalue weighted by Gasteiger charge is -2.36. The minimum Gasteiger partial charge on any atom is -0.508 e. The third-order valence-electron chi connectivity index (χ3n) is 7.37. The molecule has 2 amide bonds. The predicted octanol–water partition coefficient (Wildman–Crippen LogP) is 4.63. The van der Waals surface area contributed by atoms with E-state index in [2.05, 4.69) is 0 Å². The molecule has 12 nitrogen and oxygen atoms in total. The summed E-state index contributed by atoms with van der Waals surface area (Å²) >= 11 is 0. The standard InChI is InChI=1S/C32H32N2O10/c1-31(2,3)44-30(41)34(23(28(38)39)9-4-5-14-33)27(37)19-7-6-8-22-26(19)29(40)43-32(22)20-12-10-17(35)15-24(20)42-25-16-18(36)11-13-21(25)32/h6-8,10-13,15-16,23,35-36H,4-5,9,14,33H2,1-3H3,(H,38,39)/t23-/m1/s1. The van der Waals surface area contributed by atoms with Gasteiger partial charge in [0.05, 0.1) is 11.1 Å². The van der Waals surface area contributed by atoms with Crippen LogP contribution < -0.4 is 10.5 Å². The summed E-state index contributed by atoms with van der Waals surface area (Å²) in [5, 5.41) is 30.5. The molecule has 0 fully saturated rings. The van der Waals surface area contributed by atoms with Crippen LogP contribution in [0.5, 0.6) is 23.0 Å². The first kappa shape index (κ1) is 30.4. The maximum Gasteiger partial charge on any atom is 0.418 e. The normalized spacial score (nSPS) is 14.9. The van der Waals surface area contributed by atoms with E-state index >= 15 is 0 Å². The van der Waals surface area contributed by atoms with Crippen molar-refractivity contribution in [2.75, 3.05) is 6.54 Å². The maximum absolute atomic E-state index is 14.2. The molecule has 5 N–H and O–H groups in total. The molecule has 0 saturated carbocycles. The van der Waals surface area contributed by atoms with Crippen molar-refractivity contribution in [3.8, 4) is 23.0 Å². The van der Waals surface area contributed by atoms with Gasteiger partial charge in [0, 0.05) is 28.8 Å². The van der Waals surface area contributed by atoms with Gasteiger partial charge in [-0.25, -0.2) is 19.3 Å². The third kappa shape index (κ3) is 5.17. The highest BCUT2D eigenvalue weighted by molar-refractivity contribution is 6.13. The van der Waals surface area contributed by atoms with E-state index in [0.29, 0.717) is 28.9 Å². The van der Waals surface area contributed by atoms with E-state index in [1.165, 1.54) is 48.5 Å². The van der Waals surface area contributed by atoms with Gasteiger partial charge in [0.1, 0.15) is 34.6 Å². The van der Waals surface area contributed by atoms with Crippen molar-refractivity contribution in [3.63, 3.8) is 0 Å². The van der Waals surface area contributed by atoms with Crippen LogP contribution in [0.3, 0.4) is 0 Å². The van der Waals surface area contributed by atoms with Gasteiger partial charge in [-0.2, -0.15) is 0 Å². The zero-order valence-corrected chi connectivity index (χ0v) is 24.3. The fraction of sp³-hybridized carbons (Fsp3) is 0.312. The predicted molar refractivity (Wildman–Crippen MR) is 155 cm³/mol. The number of hydrogen-bond acceptors (Lipinski definition) is 10. The van der Waals surface area contributed by atoms with Crippen LogP contribution in [-0.2, 0) is 19.9 Å². The number of rotatable bonds is 7. The zero-order chi connectivity index (χ0) is 32.0. The van der Waals surface area contributed by atoms with Gasteiger partial charge in [0.25, 0.3) is 5.91 Å². The first-order chi connectivity index (χ1) is 20.8. The molecule has 0 aliphatic carbocycles. The molecule has 0 aromatic heterocycles. The van der Waals surface area contributed by atoms with Crippen molar-refractivity contribution in [1.29, 1.82) is 0 Å². The fourth-order valence-electron chi connectivity index (χ4n) is 5.56. The number of imide groups is 1. The number of esters is 1. The molecule has 12 heteroatoms. The van der Waals surface area contributed by atoms with E-state index in [4.69, 9.17) is 19.9 Å². The number of carboxylic acid groups (broad SMARTS) is 1. The molecule has 3 aromatic rings. The van der Waals surface area contributed by atoms with E-state index in [1.807, 2.05) is 0 Å². The van der Waals surface area contributed by atoms with Crippen LogP contribution in [0.2, 0.25) is 0 Å². The summed E-state index contributed by atoms with van der Waals surface area (Å²) in [6.07, 6.45) is -0.506. The molecule has 0 unspecified atom stereocenters. The molecule has 0 saturated heterocycles. The molecule has 5 rings (SSSR count). The number of hydrogen-bond donors (Lipinski definition) is 4. The SMILES string of the molecule is CC(C)(C)OC(=O)N(C(=O)c1cccc2c1C(=O)OC21c2ccc(O)cc2Oc2cc(O)ccc21)[C@H](CCCCN)C(=O)O. The Labute approximate surface area is 252 Å². The van der Waals surface area contributed by atoms with Crippen molar-refractivity contribution in [3.05, 3.63) is 82.4 Å². The fourth-order valence-corrected chi connectivity index (χ4v) is 5.56. The number of carbonyl (C=O) groups is 4. The Morgan fingerprint density at radius 1 is 0.955 bits per heavy atom. The Morgan fingerprint density at radius 2 is 1.57 bits per heavy atom. The van der Waals surface area contributed by atoms with Crippen molar-refractivity contribution in [2.24, 2.45) is 5.73 Å². The van der Waals surface area contributed by atoms with E-state index in [0.717, 1.165) is 0 Å². The van der Waals surface area contributed by atoms with E-state index in [9.17, 15) is 34.5 Å². The van der Waals surface area contributed by atoms with Crippen molar-refractivity contribution in [1.82, 2.24) is 4.90 Å².